The van der Waals surface area contributed by atoms with Crippen molar-refractivity contribution in [2.24, 2.45) is 5.10 Å². The number of amides is 2. The number of rotatable bonds is 15. The maximum Gasteiger partial charge on any atom is 0.259 e. The highest BCUT2D eigenvalue weighted by atomic mass is 16.5. The van der Waals surface area contributed by atoms with Gasteiger partial charge in [0, 0.05) is 6.42 Å². The third kappa shape index (κ3) is 12.1. The lowest BCUT2D eigenvalue weighted by Crippen LogP contribution is -2.34. The number of nitrogens with one attached hydrogen (secondary N) is 2. The van der Waals surface area contributed by atoms with Gasteiger partial charge in [-0.2, -0.15) is 5.10 Å². The SMILES string of the molecule is CCCCCCCCCCCC(=O)NCC(=O)N/N=C/c1cccc(OC)c1. The summed E-state index contributed by atoms with van der Waals surface area (Å²) in [6.45, 7) is 2.16. The van der Waals surface area contributed by atoms with E-state index in [4.69, 9.17) is 4.74 Å². The minimum absolute atomic E-state index is 0.0638. The van der Waals surface area contributed by atoms with Gasteiger partial charge in [-0.1, -0.05) is 70.4 Å². The minimum atomic E-state index is -0.348. The standard InChI is InChI=1S/C22H35N3O3/c1-3-4-5-6-7-8-9-10-11-15-21(26)23-18-22(27)25-24-17-19-13-12-14-20(16-19)28-2/h12-14,16-17H,3-11,15,18H2,1-2H3,(H,23,26)(H,25,27)/b24-17+. The molecule has 0 saturated heterocycles. The summed E-state index contributed by atoms with van der Waals surface area (Å²) in [5.74, 6) is 0.286. The molecule has 0 bridgehead atoms. The van der Waals surface area contributed by atoms with Crippen LogP contribution in [0.25, 0.3) is 0 Å². The number of ether oxygens (including phenoxy) is 1. The largest absolute Gasteiger partial charge is 0.497 e. The molecule has 0 aliphatic heterocycles. The van der Waals surface area contributed by atoms with Crippen LogP contribution in [0.3, 0.4) is 0 Å². The van der Waals surface area contributed by atoms with Gasteiger partial charge in [0.15, 0.2) is 0 Å². The van der Waals surface area contributed by atoms with Crippen LogP contribution in [0, 0.1) is 0 Å². The van der Waals surface area contributed by atoms with Crippen molar-refractivity contribution in [3.05, 3.63) is 29.8 Å². The van der Waals surface area contributed by atoms with Crippen LogP contribution in [0.5, 0.6) is 5.75 Å². The highest BCUT2D eigenvalue weighted by Crippen LogP contribution is 2.11. The molecule has 0 aromatic heterocycles. The zero-order valence-electron chi connectivity index (χ0n) is 17.3. The molecule has 6 nitrogen and oxygen atoms in total. The van der Waals surface area contributed by atoms with Crippen LogP contribution in [0.4, 0.5) is 0 Å². The topological polar surface area (TPSA) is 79.8 Å². The number of nitrogens with zero attached hydrogens (tertiary/aromatic N) is 1. The second-order valence-corrected chi connectivity index (χ2v) is 6.92. The number of methoxy groups -OCH3 is 1. The third-order valence-electron chi connectivity index (χ3n) is 4.45. The van der Waals surface area contributed by atoms with E-state index in [1.54, 1.807) is 7.11 Å². The molecule has 0 heterocycles. The van der Waals surface area contributed by atoms with Gasteiger partial charge in [0.25, 0.3) is 5.91 Å². The second-order valence-electron chi connectivity index (χ2n) is 6.92. The van der Waals surface area contributed by atoms with E-state index in [0.29, 0.717) is 6.42 Å². The fourth-order valence-corrected chi connectivity index (χ4v) is 2.80. The molecule has 28 heavy (non-hydrogen) atoms. The fraction of sp³-hybridized carbons (Fsp3) is 0.591. The summed E-state index contributed by atoms with van der Waals surface area (Å²) in [4.78, 5) is 23.5. The van der Waals surface area contributed by atoms with Gasteiger partial charge in [0.05, 0.1) is 19.9 Å². The lowest BCUT2D eigenvalue weighted by Gasteiger charge is -2.05. The van der Waals surface area contributed by atoms with Crippen molar-refractivity contribution in [2.75, 3.05) is 13.7 Å². The fourth-order valence-electron chi connectivity index (χ4n) is 2.80. The number of hydrazone groups is 1. The predicted octanol–water partition coefficient (Wildman–Crippen LogP) is 4.18. The van der Waals surface area contributed by atoms with E-state index < -0.39 is 0 Å². The highest BCUT2D eigenvalue weighted by Gasteiger charge is 2.04. The number of hydrogen-bond donors (Lipinski definition) is 2. The minimum Gasteiger partial charge on any atom is -0.497 e. The van der Waals surface area contributed by atoms with Gasteiger partial charge < -0.3 is 10.1 Å². The number of hydrogen-bond acceptors (Lipinski definition) is 4. The van der Waals surface area contributed by atoms with Crippen LogP contribution in [0.2, 0.25) is 0 Å². The molecular formula is C22H35N3O3. The summed E-state index contributed by atoms with van der Waals surface area (Å²) < 4.78 is 5.12. The number of carbonyl (C=O) groups excluding carboxylic acids is 2. The molecule has 0 spiro atoms. The normalized spacial score (nSPS) is 10.8. The van der Waals surface area contributed by atoms with Gasteiger partial charge >= 0.3 is 0 Å². The van der Waals surface area contributed by atoms with Gasteiger partial charge in [0.2, 0.25) is 5.91 Å². The van der Waals surface area contributed by atoms with Crippen LogP contribution in [0.15, 0.2) is 29.4 Å². The monoisotopic (exact) mass is 389 g/mol. The van der Waals surface area contributed by atoms with Crippen LogP contribution in [-0.4, -0.2) is 31.7 Å². The molecule has 1 aromatic carbocycles. The molecular weight excluding hydrogens is 354 g/mol. The lowest BCUT2D eigenvalue weighted by molar-refractivity contribution is -0.126. The van der Waals surface area contributed by atoms with E-state index in [9.17, 15) is 9.59 Å². The molecule has 0 fully saturated rings. The Hall–Kier alpha value is -2.37. The smallest absolute Gasteiger partial charge is 0.259 e. The van der Waals surface area contributed by atoms with Crippen LogP contribution < -0.4 is 15.5 Å². The Balaban J connectivity index is 2.05. The van der Waals surface area contributed by atoms with Crippen molar-refractivity contribution in [1.29, 1.82) is 0 Å². The first-order chi connectivity index (χ1) is 13.7. The molecule has 1 rings (SSSR count). The maximum absolute atomic E-state index is 11.8. The molecule has 6 heteroatoms. The Bertz CT molecular complexity index is 602. The lowest BCUT2D eigenvalue weighted by atomic mass is 10.1. The Morgan fingerprint density at radius 2 is 1.68 bits per heavy atom. The van der Waals surface area contributed by atoms with E-state index in [0.717, 1.165) is 24.2 Å². The summed E-state index contributed by atoms with van der Waals surface area (Å²) in [6.07, 6.45) is 12.9. The van der Waals surface area contributed by atoms with Gasteiger partial charge in [-0.05, 0) is 24.1 Å². The molecule has 2 N–H and O–H groups in total. The summed E-state index contributed by atoms with van der Waals surface area (Å²) in [5.41, 5.74) is 3.22. The van der Waals surface area contributed by atoms with Gasteiger partial charge in [0.1, 0.15) is 5.75 Å². The van der Waals surface area contributed by atoms with Crippen molar-refractivity contribution >= 4 is 18.0 Å². The van der Waals surface area contributed by atoms with Crippen molar-refractivity contribution in [1.82, 2.24) is 10.7 Å². The van der Waals surface area contributed by atoms with Crippen molar-refractivity contribution < 1.29 is 14.3 Å². The van der Waals surface area contributed by atoms with Gasteiger partial charge in [-0.25, -0.2) is 5.43 Å². The first-order valence-corrected chi connectivity index (χ1v) is 10.4. The van der Waals surface area contributed by atoms with E-state index in [1.807, 2.05) is 24.3 Å². The molecule has 0 unspecified atom stereocenters. The Morgan fingerprint density at radius 3 is 2.36 bits per heavy atom. The Morgan fingerprint density at radius 1 is 1.00 bits per heavy atom. The molecule has 156 valence electrons. The van der Waals surface area contributed by atoms with E-state index in [1.165, 1.54) is 51.2 Å². The molecule has 0 radical (unpaired) electrons. The summed E-state index contributed by atoms with van der Waals surface area (Å²) in [7, 11) is 1.59. The Labute approximate surface area is 169 Å². The predicted molar refractivity (Wildman–Crippen MR) is 114 cm³/mol. The molecule has 1 aromatic rings. The molecule has 0 aliphatic carbocycles. The second kappa shape index (κ2) is 15.7. The van der Waals surface area contributed by atoms with E-state index in [-0.39, 0.29) is 18.4 Å². The van der Waals surface area contributed by atoms with E-state index >= 15 is 0 Å². The van der Waals surface area contributed by atoms with Crippen molar-refractivity contribution in [3.8, 4) is 5.75 Å². The Kier molecular flexibility index (Phi) is 13.2. The van der Waals surface area contributed by atoms with E-state index in [2.05, 4.69) is 22.8 Å². The molecule has 0 aliphatic rings. The molecule has 2 amide bonds. The van der Waals surface area contributed by atoms with Crippen molar-refractivity contribution in [2.45, 2.75) is 71.1 Å². The average molecular weight is 390 g/mol. The van der Waals surface area contributed by atoms with Crippen LogP contribution >= 0.6 is 0 Å². The summed E-state index contributed by atoms with van der Waals surface area (Å²) in [5, 5.41) is 6.52. The number of carbonyl (C=O) groups is 2. The zero-order valence-corrected chi connectivity index (χ0v) is 17.3. The highest BCUT2D eigenvalue weighted by molar-refractivity contribution is 5.86. The summed E-state index contributed by atoms with van der Waals surface area (Å²) in [6, 6.07) is 7.33. The van der Waals surface area contributed by atoms with Crippen molar-refractivity contribution in [3.63, 3.8) is 0 Å². The van der Waals surface area contributed by atoms with Gasteiger partial charge in [-0.3, -0.25) is 9.59 Å². The molecule has 0 atom stereocenters. The first kappa shape index (κ1) is 23.7. The van der Waals surface area contributed by atoms with Crippen LogP contribution in [-0.2, 0) is 9.59 Å². The van der Waals surface area contributed by atoms with Crippen LogP contribution in [0.1, 0.15) is 76.7 Å². The third-order valence-corrected chi connectivity index (χ3v) is 4.45. The number of benzene rings is 1. The summed E-state index contributed by atoms with van der Waals surface area (Å²) >= 11 is 0. The quantitative estimate of drug-likeness (QED) is 0.268. The average Bonchev–Trinajstić information content (AvgIpc) is 2.71. The van der Waals surface area contributed by atoms with Gasteiger partial charge in [-0.15, -0.1) is 0 Å². The zero-order chi connectivity index (χ0) is 20.5. The maximum atomic E-state index is 11.8. The molecule has 0 saturated carbocycles. The number of unbranched alkanes of at least 4 members (excludes halogenated alkanes) is 8. The first-order valence-electron chi connectivity index (χ1n) is 10.4.